The topological polar surface area (TPSA) is 82.8 Å². The molecule has 1 aromatic heterocycles. The average Bonchev–Trinajstić information content (AvgIpc) is 2.88. The SMILES string of the molecule is CC(C)(C)N1CCC(NC(=O)c2ccc(C(=O)O)o2)CC1. The van der Waals surface area contributed by atoms with Gasteiger partial charge in [-0.3, -0.25) is 9.69 Å². The van der Waals surface area contributed by atoms with Gasteiger partial charge in [0.2, 0.25) is 5.76 Å². The molecule has 1 amide bonds. The number of nitrogens with zero attached hydrogens (tertiary/aromatic N) is 1. The van der Waals surface area contributed by atoms with Gasteiger partial charge in [-0.05, 0) is 45.7 Å². The highest BCUT2D eigenvalue weighted by Crippen LogP contribution is 2.20. The van der Waals surface area contributed by atoms with E-state index in [1.807, 2.05) is 0 Å². The third-order valence-electron chi connectivity index (χ3n) is 3.82. The number of furan rings is 1. The number of carboxylic acids is 1. The second kappa shape index (κ2) is 5.89. The van der Waals surface area contributed by atoms with Crippen LogP contribution in [0.3, 0.4) is 0 Å². The predicted molar refractivity (Wildman–Crippen MR) is 77.5 cm³/mol. The Balaban J connectivity index is 1.88. The van der Waals surface area contributed by atoms with Crippen LogP contribution in [-0.2, 0) is 0 Å². The maximum absolute atomic E-state index is 12.0. The van der Waals surface area contributed by atoms with Crippen molar-refractivity contribution in [3.05, 3.63) is 23.7 Å². The molecule has 0 saturated carbocycles. The number of hydrogen-bond donors (Lipinski definition) is 2. The van der Waals surface area contributed by atoms with Crippen LogP contribution < -0.4 is 5.32 Å². The van der Waals surface area contributed by atoms with Crippen LogP contribution in [0, 0.1) is 0 Å². The zero-order valence-corrected chi connectivity index (χ0v) is 12.7. The Bertz CT molecular complexity index is 522. The summed E-state index contributed by atoms with van der Waals surface area (Å²) in [5.74, 6) is -1.70. The molecular formula is C15H22N2O4. The first kappa shape index (κ1) is 15.6. The van der Waals surface area contributed by atoms with Crippen molar-refractivity contribution in [1.82, 2.24) is 10.2 Å². The van der Waals surface area contributed by atoms with Gasteiger partial charge >= 0.3 is 5.97 Å². The fourth-order valence-electron chi connectivity index (χ4n) is 2.53. The van der Waals surface area contributed by atoms with Gasteiger partial charge < -0.3 is 14.8 Å². The van der Waals surface area contributed by atoms with Crippen LogP contribution in [0.15, 0.2) is 16.5 Å². The maximum atomic E-state index is 12.0. The molecule has 0 aliphatic carbocycles. The molecule has 6 nitrogen and oxygen atoms in total. The molecule has 1 aromatic rings. The summed E-state index contributed by atoms with van der Waals surface area (Å²) in [6, 6.07) is 2.79. The van der Waals surface area contributed by atoms with Gasteiger partial charge in [0.1, 0.15) is 0 Å². The summed E-state index contributed by atoms with van der Waals surface area (Å²) in [6.07, 6.45) is 1.77. The molecular weight excluding hydrogens is 272 g/mol. The second-order valence-electron chi connectivity index (χ2n) is 6.37. The molecule has 1 fully saturated rings. The van der Waals surface area contributed by atoms with E-state index in [4.69, 9.17) is 9.52 Å². The number of piperidine rings is 1. The Hall–Kier alpha value is -1.82. The van der Waals surface area contributed by atoms with E-state index < -0.39 is 5.97 Å². The van der Waals surface area contributed by atoms with E-state index in [1.54, 1.807) is 0 Å². The van der Waals surface area contributed by atoms with E-state index in [9.17, 15) is 9.59 Å². The third kappa shape index (κ3) is 3.85. The first-order valence-corrected chi connectivity index (χ1v) is 7.16. The summed E-state index contributed by atoms with van der Waals surface area (Å²) in [5, 5.41) is 11.7. The lowest BCUT2D eigenvalue weighted by Crippen LogP contribution is -2.50. The molecule has 2 N–H and O–H groups in total. The number of nitrogens with one attached hydrogen (secondary N) is 1. The van der Waals surface area contributed by atoms with Crippen molar-refractivity contribution in [1.29, 1.82) is 0 Å². The molecule has 1 aliphatic rings. The fraction of sp³-hybridized carbons (Fsp3) is 0.600. The summed E-state index contributed by atoms with van der Waals surface area (Å²) in [7, 11) is 0. The van der Waals surface area contributed by atoms with Crippen molar-refractivity contribution in [3.8, 4) is 0 Å². The van der Waals surface area contributed by atoms with Gasteiger partial charge in [-0.1, -0.05) is 0 Å². The van der Waals surface area contributed by atoms with E-state index in [2.05, 4.69) is 31.0 Å². The molecule has 21 heavy (non-hydrogen) atoms. The number of carbonyl (C=O) groups excluding carboxylic acids is 1. The molecule has 0 unspecified atom stereocenters. The Labute approximate surface area is 124 Å². The molecule has 2 rings (SSSR count). The first-order chi connectivity index (χ1) is 9.77. The fourth-order valence-corrected chi connectivity index (χ4v) is 2.53. The van der Waals surface area contributed by atoms with Gasteiger partial charge in [0.15, 0.2) is 5.76 Å². The van der Waals surface area contributed by atoms with Crippen LogP contribution in [0.25, 0.3) is 0 Å². The number of amides is 1. The Morgan fingerprint density at radius 1 is 1.24 bits per heavy atom. The zero-order chi connectivity index (χ0) is 15.6. The van der Waals surface area contributed by atoms with Crippen LogP contribution >= 0.6 is 0 Å². The molecule has 0 spiro atoms. The minimum atomic E-state index is -1.17. The lowest BCUT2D eigenvalue weighted by atomic mass is 9.98. The number of hydrogen-bond acceptors (Lipinski definition) is 4. The maximum Gasteiger partial charge on any atom is 0.371 e. The van der Waals surface area contributed by atoms with E-state index in [-0.39, 0.29) is 29.0 Å². The molecule has 0 bridgehead atoms. The molecule has 2 heterocycles. The minimum absolute atomic E-state index is 0.0469. The molecule has 6 heteroatoms. The van der Waals surface area contributed by atoms with Gasteiger partial charge in [0.25, 0.3) is 5.91 Å². The number of carboxylic acid groups (broad SMARTS) is 1. The monoisotopic (exact) mass is 294 g/mol. The number of rotatable bonds is 3. The minimum Gasteiger partial charge on any atom is -0.475 e. The summed E-state index contributed by atoms with van der Waals surface area (Å²) in [4.78, 5) is 25.1. The predicted octanol–water partition coefficient (Wildman–Crippen LogP) is 1.97. The van der Waals surface area contributed by atoms with Crippen molar-refractivity contribution >= 4 is 11.9 Å². The Morgan fingerprint density at radius 3 is 2.29 bits per heavy atom. The standard InChI is InChI=1S/C15H22N2O4/c1-15(2,3)17-8-6-10(7-9-17)16-13(18)11-4-5-12(21-11)14(19)20/h4-5,10H,6-9H2,1-3H3,(H,16,18)(H,19,20). The van der Waals surface area contributed by atoms with Gasteiger partial charge in [-0.25, -0.2) is 4.79 Å². The van der Waals surface area contributed by atoms with Crippen LogP contribution in [0.5, 0.6) is 0 Å². The summed E-state index contributed by atoms with van der Waals surface area (Å²) in [5.41, 5.74) is 0.145. The average molecular weight is 294 g/mol. The van der Waals surface area contributed by atoms with E-state index >= 15 is 0 Å². The molecule has 1 saturated heterocycles. The molecule has 0 atom stereocenters. The lowest BCUT2D eigenvalue weighted by molar-refractivity contribution is 0.0658. The lowest BCUT2D eigenvalue weighted by Gasteiger charge is -2.40. The summed E-state index contributed by atoms with van der Waals surface area (Å²) < 4.78 is 5.00. The Kier molecular flexibility index (Phi) is 4.37. The second-order valence-corrected chi connectivity index (χ2v) is 6.37. The number of carbonyl (C=O) groups is 2. The zero-order valence-electron chi connectivity index (χ0n) is 12.7. The highest BCUT2D eigenvalue weighted by molar-refractivity contribution is 5.93. The van der Waals surface area contributed by atoms with Gasteiger partial charge in [-0.15, -0.1) is 0 Å². The Morgan fingerprint density at radius 2 is 1.81 bits per heavy atom. The van der Waals surface area contributed by atoms with Crippen LogP contribution in [0.4, 0.5) is 0 Å². The first-order valence-electron chi connectivity index (χ1n) is 7.16. The summed E-state index contributed by atoms with van der Waals surface area (Å²) >= 11 is 0. The number of aromatic carboxylic acids is 1. The highest BCUT2D eigenvalue weighted by atomic mass is 16.4. The van der Waals surface area contributed by atoms with E-state index in [1.165, 1.54) is 12.1 Å². The highest BCUT2D eigenvalue weighted by Gasteiger charge is 2.28. The van der Waals surface area contributed by atoms with Crippen molar-refractivity contribution in [2.75, 3.05) is 13.1 Å². The normalized spacial score (nSPS) is 17.7. The van der Waals surface area contributed by atoms with Gasteiger partial charge in [0, 0.05) is 24.7 Å². The summed E-state index contributed by atoms with van der Waals surface area (Å²) in [6.45, 7) is 8.42. The molecule has 0 aromatic carbocycles. The van der Waals surface area contributed by atoms with E-state index in [0.717, 1.165) is 25.9 Å². The third-order valence-corrected chi connectivity index (χ3v) is 3.82. The van der Waals surface area contributed by atoms with Crippen molar-refractivity contribution in [3.63, 3.8) is 0 Å². The van der Waals surface area contributed by atoms with Gasteiger partial charge in [0.05, 0.1) is 0 Å². The molecule has 0 radical (unpaired) electrons. The number of likely N-dealkylation sites (tertiary alicyclic amines) is 1. The van der Waals surface area contributed by atoms with Crippen molar-refractivity contribution in [2.24, 2.45) is 0 Å². The smallest absolute Gasteiger partial charge is 0.371 e. The van der Waals surface area contributed by atoms with Crippen LogP contribution in [0.1, 0.15) is 54.7 Å². The van der Waals surface area contributed by atoms with Crippen molar-refractivity contribution in [2.45, 2.75) is 45.2 Å². The quantitative estimate of drug-likeness (QED) is 0.890. The molecule has 1 aliphatic heterocycles. The largest absolute Gasteiger partial charge is 0.475 e. The van der Waals surface area contributed by atoms with Gasteiger partial charge in [-0.2, -0.15) is 0 Å². The van der Waals surface area contributed by atoms with E-state index in [0.29, 0.717) is 0 Å². The van der Waals surface area contributed by atoms with Crippen LogP contribution in [0.2, 0.25) is 0 Å². The van der Waals surface area contributed by atoms with Crippen molar-refractivity contribution < 1.29 is 19.1 Å². The van der Waals surface area contributed by atoms with Crippen LogP contribution in [-0.4, -0.2) is 46.6 Å². The molecule has 116 valence electrons.